The van der Waals surface area contributed by atoms with E-state index in [0.29, 0.717) is 16.6 Å². The average molecular weight is 372 g/mol. The molecule has 136 valence electrons. The molecule has 0 aromatic heterocycles. The van der Waals surface area contributed by atoms with Crippen LogP contribution in [0.3, 0.4) is 0 Å². The van der Waals surface area contributed by atoms with Gasteiger partial charge in [-0.15, -0.1) is 0 Å². The number of nitrogens with zero attached hydrogens (tertiary/aromatic N) is 1. The zero-order valence-electron chi connectivity index (χ0n) is 14.5. The van der Waals surface area contributed by atoms with Crippen LogP contribution >= 0.6 is 11.6 Å². The van der Waals surface area contributed by atoms with Gasteiger partial charge in [0.15, 0.2) is 0 Å². The Hall–Kier alpha value is -2.37. The molecule has 2 aromatic carbocycles. The van der Waals surface area contributed by atoms with Gasteiger partial charge in [-0.05, 0) is 61.7 Å². The normalized spacial score (nSPS) is 15.4. The summed E-state index contributed by atoms with van der Waals surface area (Å²) in [5.74, 6) is 0.248. The fraction of sp³-hybridized carbons (Fsp3) is 0.300. The molecule has 0 spiro atoms. The zero-order chi connectivity index (χ0) is 18.4. The maximum absolute atomic E-state index is 12.1. The summed E-state index contributed by atoms with van der Waals surface area (Å²) in [4.78, 5) is 26.1. The lowest BCUT2D eigenvalue weighted by Crippen LogP contribution is -2.44. The summed E-state index contributed by atoms with van der Waals surface area (Å²) in [5.41, 5.74) is 1.95. The summed E-state index contributed by atoms with van der Waals surface area (Å²) < 4.78 is 0. The molecule has 0 saturated carbocycles. The third-order valence-electron chi connectivity index (χ3n) is 4.58. The van der Waals surface area contributed by atoms with E-state index in [4.69, 9.17) is 11.6 Å². The maximum Gasteiger partial charge on any atom is 0.325 e. The summed E-state index contributed by atoms with van der Waals surface area (Å²) in [6.07, 6.45) is 2.04. The SMILES string of the molecule is O=C(CN1CCC(c2ccccc2)CC1)NC(=O)Nc1ccc(Cl)cc1. The quantitative estimate of drug-likeness (QED) is 0.857. The number of hydrogen-bond donors (Lipinski definition) is 2. The van der Waals surface area contributed by atoms with Crippen molar-refractivity contribution in [3.8, 4) is 0 Å². The molecule has 1 heterocycles. The van der Waals surface area contributed by atoms with Crippen molar-refractivity contribution in [3.63, 3.8) is 0 Å². The molecule has 2 aromatic rings. The van der Waals surface area contributed by atoms with Gasteiger partial charge in [-0.25, -0.2) is 4.79 Å². The van der Waals surface area contributed by atoms with Gasteiger partial charge >= 0.3 is 6.03 Å². The van der Waals surface area contributed by atoms with Crippen LogP contribution in [-0.2, 0) is 4.79 Å². The van der Waals surface area contributed by atoms with Gasteiger partial charge in [-0.1, -0.05) is 41.9 Å². The molecule has 0 unspecified atom stereocenters. The number of hydrogen-bond acceptors (Lipinski definition) is 3. The second-order valence-corrected chi connectivity index (χ2v) is 6.91. The molecule has 0 aliphatic carbocycles. The summed E-state index contributed by atoms with van der Waals surface area (Å²) in [5, 5.41) is 5.58. The van der Waals surface area contributed by atoms with Crippen molar-refractivity contribution < 1.29 is 9.59 Å². The van der Waals surface area contributed by atoms with Gasteiger partial charge in [0, 0.05) is 10.7 Å². The van der Waals surface area contributed by atoms with Crippen molar-refractivity contribution >= 4 is 29.2 Å². The molecule has 0 radical (unpaired) electrons. The van der Waals surface area contributed by atoms with Crippen LogP contribution in [0.4, 0.5) is 10.5 Å². The van der Waals surface area contributed by atoms with Gasteiger partial charge in [0.25, 0.3) is 0 Å². The minimum atomic E-state index is -0.531. The predicted octanol–water partition coefficient (Wildman–Crippen LogP) is 3.87. The molecule has 26 heavy (non-hydrogen) atoms. The number of halogens is 1. The van der Waals surface area contributed by atoms with Crippen molar-refractivity contribution in [2.75, 3.05) is 25.0 Å². The number of carbonyl (C=O) groups excluding carboxylic acids is 2. The van der Waals surface area contributed by atoms with Crippen molar-refractivity contribution in [1.82, 2.24) is 10.2 Å². The van der Waals surface area contributed by atoms with E-state index in [1.807, 2.05) is 6.07 Å². The number of likely N-dealkylation sites (tertiary alicyclic amines) is 1. The van der Waals surface area contributed by atoms with Gasteiger partial charge in [0.1, 0.15) is 0 Å². The number of nitrogens with one attached hydrogen (secondary N) is 2. The number of piperidine rings is 1. The Morgan fingerprint density at radius 2 is 1.65 bits per heavy atom. The second kappa shape index (κ2) is 8.83. The Kier molecular flexibility index (Phi) is 6.26. The van der Waals surface area contributed by atoms with E-state index in [0.717, 1.165) is 25.9 Å². The van der Waals surface area contributed by atoms with E-state index in [1.165, 1.54) is 5.56 Å². The van der Waals surface area contributed by atoms with Crippen LogP contribution < -0.4 is 10.6 Å². The molecule has 0 bridgehead atoms. The van der Waals surface area contributed by atoms with Gasteiger partial charge < -0.3 is 5.32 Å². The van der Waals surface area contributed by atoms with Crippen molar-refractivity contribution in [2.24, 2.45) is 0 Å². The number of rotatable bonds is 4. The van der Waals surface area contributed by atoms with Crippen LogP contribution in [0.15, 0.2) is 54.6 Å². The Bertz CT molecular complexity index is 741. The molecule has 6 heteroatoms. The third kappa shape index (κ3) is 5.31. The van der Waals surface area contributed by atoms with E-state index in [-0.39, 0.29) is 12.5 Å². The number of carbonyl (C=O) groups is 2. The van der Waals surface area contributed by atoms with Crippen LogP contribution in [0.5, 0.6) is 0 Å². The van der Waals surface area contributed by atoms with E-state index in [9.17, 15) is 9.59 Å². The first kappa shape index (κ1) is 18.4. The highest BCUT2D eigenvalue weighted by molar-refractivity contribution is 6.30. The highest BCUT2D eigenvalue weighted by atomic mass is 35.5. The molecule has 0 atom stereocenters. The Morgan fingerprint density at radius 1 is 1.00 bits per heavy atom. The minimum Gasteiger partial charge on any atom is -0.308 e. The van der Waals surface area contributed by atoms with Gasteiger partial charge in [0.2, 0.25) is 5.91 Å². The maximum atomic E-state index is 12.1. The summed E-state index contributed by atoms with van der Waals surface area (Å²) >= 11 is 5.80. The fourth-order valence-corrected chi connectivity index (χ4v) is 3.34. The first-order chi connectivity index (χ1) is 12.6. The number of amides is 3. The minimum absolute atomic E-state index is 0.232. The molecular formula is C20H22ClN3O2. The molecule has 1 fully saturated rings. The molecule has 1 aliphatic heterocycles. The lowest BCUT2D eigenvalue weighted by Gasteiger charge is -2.31. The average Bonchev–Trinajstić information content (AvgIpc) is 2.65. The Morgan fingerprint density at radius 3 is 2.31 bits per heavy atom. The number of anilines is 1. The van der Waals surface area contributed by atoms with Crippen LogP contribution in [0.25, 0.3) is 0 Å². The molecule has 1 saturated heterocycles. The molecule has 2 N–H and O–H groups in total. The standard InChI is InChI=1S/C20H22ClN3O2/c21-17-6-8-18(9-7-17)22-20(26)23-19(25)14-24-12-10-16(11-13-24)15-4-2-1-3-5-15/h1-9,16H,10-14H2,(H2,22,23,25,26). The topological polar surface area (TPSA) is 61.4 Å². The van der Waals surface area contributed by atoms with Crippen LogP contribution in [0.2, 0.25) is 5.02 Å². The zero-order valence-corrected chi connectivity index (χ0v) is 15.2. The predicted molar refractivity (Wildman–Crippen MR) is 103 cm³/mol. The van der Waals surface area contributed by atoms with Crippen LogP contribution in [0.1, 0.15) is 24.3 Å². The number of imide groups is 1. The first-order valence-corrected chi connectivity index (χ1v) is 9.11. The summed E-state index contributed by atoms with van der Waals surface area (Å²) in [6, 6.07) is 16.7. The van der Waals surface area contributed by atoms with Gasteiger partial charge in [0.05, 0.1) is 6.54 Å². The van der Waals surface area contributed by atoms with Gasteiger partial charge in [-0.2, -0.15) is 0 Å². The lowest BCUT2D eigenvalue weighted by molar-refractivity contribution is -0.121. The number of benzene rings is 2. The van der Waals surface area contributed by atoms with E-state index in [1.54, 1.807) is 24.3 Å². The Labute approximate surface area is 158 Å². The number of urea groups is 1. The van der Waals surface area contributed by atoms with E-state index < -0.39 is 6.03 Å². The van der Waals surface area contributed by atoms with E-state index >= 15 is 0 Å². The smallest absolute Gasteiger partial charge is 0.308 e. The third-order valence-corrected chi connectivity index (χ3v) is 4.83. The van der Waals surface area contributed by atoms with Crippen LogP contribution in [0, 0.1) is 0 Å². The van der Waals surface area contributed by atoms with Crippen molar-refractivity contribution in [3.05, 3.63) is 65.2 Å². The van der Waals surface area contributed by atoms with Crippen molar-refractivity contribution in [1.29, 1.82) is 0 Å². The van der Waals surface area contributed by atoms with Crippen molar-refractivity contribution in [2.45, 2.75) is 18.8 Å². The second-order valence-electron chi connectivity index (χ2n) is 6.47. The largest absolute Gasteiger partial charge is 0.325 e. The Balaban J connectivity index is 1.41. The highest BCUT2D eigenvalue weighted by Gasteiger charge is 2.22. The summed E-state index contributed by atoms with van der Waals surface area (Å²) in [7, 11) is 0. The molecular weight excluding hydrogens is 350 g/mol. The van der Waals surface area contributed by atoms with Gasteiger partial charge in [-0.3, -0.25) is 15.0 Å². The molecule has 3 rings (SSSR count). The first-order valence-electron chi connectivity index (χ1n) is 8.74. The monoisotopic (exact) mass is 371 g/mol. The fourth-order valence-electron chi connectivity index (χ4n) is 3.21. The lowest BCUT2D eigenvalue weighted by atomic mass is 9.89. The van der Waals surface area contributed by atoms with Crippen LogP contribution in [-0.4, -0.2) is 36.5 Å². The molecule has 5 nitrogen and oxygen atoms in total. The molecule has 3 amide bonds. The summed E-state index contributed by atoms with van der Waals surface area (Å²) in [6.45, 7) is 1.94. The molecule has 1 aliphatic rings. The highest BCUT2D eigenvalue weighted by Crippen LogP contribution is 2.27. The van der Waals surface area contributed by atoms with E-state index in [2.05, 4.69) is 39.8 Å².